The number of hydrogen-bond donors (Lipinski definition) is 2. The van der Waals surface area contributed by atoms with Crippen molar-refractivity contribution in [3.8, 4) is 0 Å². The number of fused-ring (bicyclic) bond motifs is 1. The van der Waals surface area contributed by atoms with E-state index in [1.165, 1.54) is 32.1 Å². The molecule has 1 aliphatic rings. The number of anilines is 1. The largest absolute Gasteiger partial charge is 0.376 e. The van der Waals surface area contributed by atoms with Gasteiger partial charge in [-0.05, 0) is 24.4 Å². The average Bonchev–Trinajstić information content (AvgIpc) is 2.92. The quantitative estimate of drug-likeness (QED) is 0.655. The summed E-state index contributed by atoms with van der Waals surface area (Å²) in [5.41, 5.74) is 1.34. The van der Waals surface area contributed by atoms with E-state index in [-0.39, 0.29) is 5.28 Å². The lowest BCUT2D eigenvalue weighted by atomic mass is 9.98. The summed E-state index contributed by atoms with van der Waals surface area (Å²) in [6.07, 6.45) is 8.29. The van der Waals surface area contributed by atoms with E-state index in [9.17, 15) is 0 Å². The average molecular weight is 296 g/mol. The molecule has 2 heterocycles. The van der Waals surface area contributed by atoms with Crippen LogP contribution in [0.4, 0.5) is 5.82 Å². The topological polar surface area (TPSA) is 75.7 Å². The molecule has 7 heteroatoms. The molecule has 0 aliphatic heterocycles. The van der Waals surface area contributed by atoms with Gasteiger partial charge in [-0.2, -0.15) is 9.97 Å². The van der Waals surface area contributed by atoms with Gasteiger partial charge in [-0.15, -0.1) is 0 Å². The Kier molecular flexibility index (Phi) is 4.32. The smallest absolute Gasteiger partial charge is 0.226 e. The van der Waals surface area contributed by atoms with Gasteiger partial charge in [-0.3, -0.25) is 0 Å². The SMILES string of the molecule is Clc1nc(NCCOC2CCCCC2)c2[nH]cnc2n1. The maximum atomic E-state index is 5.87. The minimum atomic E-state index is 0.195. The molecule has 0 atom stereocenters. The third kappa shape index (κ3) is 3.19. The van der Waals surface area contributed by atoms with E-state index < -0.39 is 0 Å². The number of nitrogens with zero attached hydrogens (tertiary/aromatic N) is 3. The summed E-state index contributed by atoms with van der Waals surface area (Å²) in [4.78, 5) is 15.3. The molecule has 0 saturated heterocycles. The molecule has 2 aromatic heterocycles. The minimum absolute atomic E-state index is 0.195. The first kappa shape index (κ1) is 13.6. The van der Waals surface area contributed by atoms with Gasteiger partial charge in [-0.1, -0.05) is 19.3 Å². The van der Waals surface area contributed by atoms with Gasteiger partial charge in [0.2, 0.25) is 5.28 Å². The Morgan fingerprint density at radius 3 is 3.00 bits per heavy atom. The van der Waals surface area contributed by atoms with Crippen molar-refractivity contribution >= 4 is 28.6 Å². The molecule has 20 heavy (non-hydrogen) atoms. The molecular formula is C13H18ClN5O. The molecule has 0 amide bonds. The number of imidazole rings is 1. The summed E-state index contributed by atoms with van der Waals surface area (Å²) < 4.78 is 5.86. The van der Waals surface area contributed by atoms with Gasteiger partial charge < -0.3 is 15.0 Å². The maximum Gasteiger partial charge on any atom is 0.226 e. The van der Waals surface area contributed by atoms with Gasteiger partial charge in [0.25, 0.3) is 0 Å². The third-order valence-corrected chi connectivity index (χ3v) is 3.73. The molecule has 0 unspecified atom stereocenters. The van der Waals surface area contributed by atoms with Crippen LogP contribution in [-0.4, -0.2) is 39.2 Å². The van der Waals surface area contributed by atoms with E-state index in [0.717, 1.165) is 5.52 Å². The molecule has 0 bridgehead atoms. The van der Waals surface area contributed by atoms with Crippen LogP contribution >= 0.6 is 11.6 Å². The molecule has 0 radical (unpaired) electrons. The molecular weight excluding hydrogens is 278 g/mol. The predicted octanol–water partition coefficient (Wildman–Crippen LogP) is 2.77. The van der Waals surface area contributed by atoms with Gasteiger partial charge in [0.1, 0.15) is 5.52 Å². The van der Waals surface area contributed by atoms with E-state index in [1.54, 1.807) is 6.33 Å². The Morgan fingerprint density at radius 2 is 2.15 bits per heavy atom. The molecule has 2 N–H and O–H groups in total. The molecule has 1 aliphatic carbocycles. The van der Waals surface area contributed by atoms with Crippen LogP contribution in [0.1, 0.15) is 32.1 Å². The minimum Gasteiger partial charge on any atom is -0.376 e. The van der Waals surface area contributed by atoms with Gasteiger partial charge >= 0.3 is 0 Å². The fourth-order valence-electron chi connectivity index (χ4n) is 2.56. The van der Waals surface area contributed by atoms with Crippen molar-refractivity contribution in [2.75, 3.05) is 18.5 Å². The number of rotatable bonds is 5. The highest BCUT2D eigenvalue weighted by Crippen LogP contribution is 2.20. The van der Waals surface area contributed by atoms with Gasteiger partial charge in [0, 0.05) is 6.54 Å². The van der Waals surface area contributed by atoms with E-state index in [0.29, 0.717) is 30.7 Å². The van der Waals surface area contributed by atoms with Gasteiger partial charge in [-0.25, -0.2) is 4.98 Å². The number of aromatic nitrogens is 4. The molecule has 2 aromatic rings. The highest BCUT2D eigenvalue weighted by atomic mass is 35.5. The second kappa shape index (κ2) is 6.37. The highest BCUT2D eigenvalue weighted by molar-refractivity contribution is 6.28. The first-order chi connectivity index (χ1) is 9.83. The van der Waals surface area contributed by atoms with Crippen molar-refractivity contribution < 1.29 is 4.74 Å². The Hall–Kier alpha value is -1.40. The Morgan fingerprint density at radius 1 is 1.30 bits per heavy atom. The van der Waals surface area contributed by atoms with E-state index in [4.69, 9.17) is 16.3 Å². The zero-order valence-electron chi connectivity index (χ0n) is 11.2. The molecule has 1 fully saturated rings. The second-order valence-electron chi connectivity index (χ2n) is 5.00. The molecule has 6 nitrogen and oxygen atoms in total. The maximum absolute atomic E-state index is 5.87. The summed E-state index contributed by atoms with van der Waals surface area (Å²) in [5.74, 6) is 0.671. The zero-order chi connectivity index (χ0) is 13.8. The number of nitrogens with one attached hydrogen (secondary N) is 2. The van der Waals surface area contributed by atoms with Crippen molar-refractivity contribution in [2.24, 2.45) is 0 Å². The van der Waals surface area contributed by atoms with Crippen LogP contribution < -0.4 is 5.32 Å². The van der Waals surface area contributed by atoms with Crippen molar-refractivity contribution in [1.29, 1.82) is 0 Å². The van der Waals surface area contributed by atoms with Crippen molar-refractivity contribution in [3.63, 3.8) is 0 Å². The Bertz CT molecular complexity index is 567. The summed E-state index contributed by atoms with van der Waals surface area (Å²) >= 11 is 5.87. The molecule has 3 rings (SSSR count). The lowest BCUT2D eigenvalue weighted by Gasteiger charge is -2.22. The van der Waals surface area contributed by atoms with E-state index >= 15 is 0 Å². The van der Waals surface area contributed by atoms with Crippen LogP contribution in [0.5, 0.6) is 0 Å². The van der Waals surface area contributed by atoms with Crippen LogP contribution in [0.25, 0.3) is 11.2 Å². The molecule has 0 spiro atoms. The summed E-state index contributed by atoms with van der Waals surface area (Å²) in [5, 5.41) is 3.42. The standard InChI is InChI=1S/C13H18ClN5O/c14-13-18-11(10-12(19-13)17-8-16-10)15-6-7-20-9-4-2-1-3-5-9/h8-9H,1-7H2,(H2,15,16,17,18,19). The van der Waals surface area contributed by atoms with Crippen LogP contribution in [0.2, 0.25) is 5.28 Å². The number of hydrogen-bond acceptors (Lipinski definition) is 5. The number of ether oxygens (including phenoxy) is 1. The predicted molar refractivity (Wildman–Crippen MR) is 78.0 cm³/mol. The summed E-state index contributed by atoms with van der Waals surface area (Å²) in [7, 11) is 0. The molecule has 108 valence electrons. The summed E-state index contributed by atoms with van der Waals surface area (Å²) in [6.45, 7) is 1.36. The van der Waals surface area contributed by atoms with Gasteiger partial charge in [0.15, 0.2) is 11.5 Å². The molecule has 1 saturated carbocycles. The Labute approximate surface area is 122 Å². The number of H-pyrrole nitrogens is 1. The number of halogens is 1. The monoisotopic (exact) mass is 295 g/mol. The first-order valence-electron chi connectivity index (χ1n) is 7.05. The van der Waals surface area contributed by atoms with Crippen LogP contribution in [-0.2, 0) is 4.74 Å². The second-order valence-corrected chi connectivity index (χ2v) is 5.34. The van der Waals surface area contributed by atoms with Crippen molar-refractivity contribution in [3.05, 3.63) is 11.6 Å². The highest BCUT2D eigenvalue weighted by Gasteiger charge is 2.13. The number of aromatic amines is 1. The lowest BCUT2D eigenvalue weighted by molar-refractivity contribution is 0.0347. The summed E-state index contributed by atoms with van der Waals surface area (Å²) in [6, 6.07) is 0. The van der Waals surface area contributed by atoms with E-state index in [2.05, 4.69) is 25.3 Å². The van der Waals surface area contributed by atoms with Crippen LogP contribution in [0.3, 0.4) is 0 Å². The fraction of sp³-hybridized carbons (Fsp3) is 0.615. The normalized spacial score (nSPS) is 16.6. The lowest BCUT2D eigenvalue weighted by Crippen LogP contribution is -2.20. The Balaban J connectivity index is 1.53. The van der Waals surface area contributed by atoms with Crippen molar-refractivity contribution in [2.45, 2.75) is 38.2 Å². The van der Waals surface area contributed by atoms with Crippen molar-refractivity contribution in [1.82, 2.24) is 19.9 Å². The molecule has 0 aromatic carbocycles. The van der Waals surface area contributed by atoms with Crippen LogP contribution in [0.15, 0.2) is 6.33 Å². The zero-order valence-corrected chi connectivity index (χ0v) is 12.0. The third-order valence-electron chi connectivity index (χ3n) is 3.56. The van der Waals surface area contributed by atoms with E-state index in [1.807, 2.05) is 0 Å². The first-order valence-corrected chi connectivity index (χ1v) is 7.43. The van der Waals surface area contributed by atoms with Gasteiger partial charge in [0.05, 0.1) is 19.0 Å². The van der Waals surface area contributed by atoms with Crippen LogP contribution in [0, 0.1) is 0 Å². The fourth-order valence-corrected chi connectivity index (χ4v) is 2.73.